The molecule has 0 saturated carbocycles. The summed E-state index contributed by atoms with van der Waals surface area (Å²) >= 11 is 0. The van der Waals surface area contributed by atoms with Gasteiger partial charge in [-0.15, -0.1) is 0 Å². The van der Waals surface area contributed by atoms with Gasteiger partial charge < -0.3 is 10.6 Å². The third-order valence-corrected chi connectivity index (χ3v) is 3.73. The van der Waals surface area contributed by atoms with Crippen LogP contribution in [0.15, 0.2) is 48.5 Å². The van der Waals surface area contributed by atoms with Gasteiger partial charge in [0.05, 0.1) is 11.4 Å². The molecular weight excluding hydrogens is 248 g/mol. The molecule has 1 atom stereocenters. The maximum absolute atomic E-state index is 12.1. The summed E-state index contributed by atoms with van der Waals surface area (Å²) in [5.74, 6) is 0.0547. The van der Waals surface area contributed by atoms with Gasteiger partial charge in [0.1, 0.15) is 6.04 Å². The second-order valence-electron chi connectivity index (χ2n) is 5.21. The maximum Gasteiger partial charge on any atom is 0.246 e. The van der Waals surface area contributed by atoms with Gasteiger partial charge in [-0.1, -0.05) is 42.5 Å². The van der Waals surface area contributed by atoms with Crippen LogP contribution in [0.25, 0.3) is 0 Å². The van der Waals surface area contributed by atoms with Crippen LogP contribution in [0, 0.1) is 6.92 Å². The van der Waals surface area contributed by atoms with Gasteiger partial charge in [0.2, 0.25) is 5.91 Å². The summed E-state index contributed by atoms with van der Waals surface area (Å²) in [7, 11) is 0. The molecule has 3 rings (SSSR count). The highest BCUT2D eigenvalue weighted by Gasteiger charge is 2.25. The van der Waals surface area contributed by atoms with E-state index in [1.54, 1.807) is 0 Å². The van der Waals surface area contributed by atoms with Crippen molar-refractivity contribution >= 4 is 17.3 Å². The first-order valence-electron chi connectivity index (χ1n) is 6.95. The molecule has 102 valence electrons. The fourth-order valence-corrected chi connectivity index (χ4v) is 2.58. The van der Waals surface area contributed by atoms with Gasteiger partial charge in [0.15, 0.2) is 0 Å². The van der Waals surface area contributed by atoms with Crippen molar-refractivity contribution in [1.29, 1.82) is 0 Å². The summed E-state index contributed by atoms with van der Waals surface area (Å²) in [6, 6.07) is 16.0. The van der Waals surface area contributed by atoms with Crippen LogP contribution in [0.5, 0.6) is 0 Å². The molecule has 1 aliphatic rings. The predicted molar refractivity (Wildman–Crippen MR) is 82.0 cm³/mol. The number of anilines is 2. The van der Waals surface area contributed by atoms with E-state index in [1.165, 1.54) is 5.56 Å². The summed E-state index contributed by atoms with van der Waals surface area (Å²) in [5.41, 5.74) is 4.35. The van der Waals surface area contributed by atoms with Gasteiger partial charge in [0.25, 0.3) is 0 Å². The second-order valence-corrected chi connectivity index (χ2v) is 5.21. The average molecular weight is 266 g/mol. The van der Waals surface area contributed by atoms with E-state index in [0.717, 1.165) is 29.8 Å². The molecule has 2 N–H and O–H groups in total. The number of carbonyl (C=O) groups excluding carboxylic acids is 1. The van der Waals surface area contributed by atoms with Gasteiger partial charge in [-0.2, -0.15) is 0 Å². The molecule has 2 aromatic rings. The Morgan fingerprint density at radius 3 is 2.65 bits per heavy atom. The van der Waals surface area contributed by atoms with Crippen LogP contribution >= 0.6 is 0 Å². The Morgan fingerprint density at radius 2 is 1.85 bits per heavy atom. The number of benzene rings is 2. The third kappa shape index (κ3) is 2.52. The van der Waals surface area contributed by atoms with Crippen LogP contribution in [0.4, 0.5) is 11.4 Å². The number of amides is 1. The van der Waals surface area contributed by atoms with Crippen molar-refractivity contribution in [2.75, 3.05) is 10.6 Å². The number of hydrogen-bond donors (Lipinski definition) is 2. The molecular formula is C17H18N2O. The molecule has 0 spiro atoms. The minimum absolute atomic E-state index is 0.0547. The lowest BCUT2D eigenvalue weighted by molar-refractivity contribution is -0.117. The molecule has 1 amide bonds. The van der Waals surface area contributed by atoms with Crippen LogP contribution in [0.3, 0.4) is 0 Å². The van der Waals surface area contributed by atoms with Crippen molar-refractivity contribution in [2.24, 2.45) is 0 Å². The van der Waals surface area contributed by atoms with Crippen molar-refractivity contribution in [1.82, 2.24) is 0 Å². The summed E-state index contributed by atoms with van der Waals surface area (Å²) in [4.78, 5) is 12.1. The lowest BCUT2D eigenvalue weighted by atomic mass is 10.0. The van der Waals surface area contributed by atoms with Crippen molar-refractivity contribution in [3.63, 3.8) is 0 Å². The Hall–Kier alpha value is -2.29. The zero-order valence-electron chi connectivity index (χ0n) is 11.5. The minimum atomic E-state index is -0.163. The van der Waals surface area contributed by atoms with E-state index in [1.807, 2.05) is 30.3 Å². The zero-order valence-corrected chi connectivity index (χ0v) is 11.5. The molecule has 3 nitrogen and oxygen atoms in total. The quantitative estimate of drug-likeness (QED) is 0.894. The fraction of sp³-hybridized carbons (Fsp3) is 0.235. The summed E-state index contributed by atoms with van der Waals surface area (Å²) < 4.78 is 0. The normalized spacial score (nSPS) is 17.1. The molecule has 2 aromatic carbocycles. The van der Waals surface area contributed by atoms with Gasteiger partial charge in [-0.25, -0.2) is 0 Å². The van der Waals surface area contributed by atoms with E-state index in [9.17, 15) is 4.79 Å². The molecule has 0 fully saturated rings. The van der Waals surface area contributed by atoms with E-state index in [-0.39, 0.29) is 11.9 Å². The van der Waals surface area contributed by atoms with E-state index < -0.39 is 0 Å². The Balaban J connectivity index is 1.72. The largest absolute Gasteiger partial charge is 0.372 e. The number of rotatable bonds is 3. The number of nitrogens with one attached hydrogen (secondary N) is 2. The van der Waals surface area contributed by atoms with Gasteiger partial charge >= 0.3 is 0 Å². The Bertz CT molecular complexity index is 622. The molecule has 0 aromatic heterocycles. The van der Waals surface area contributed by atoms with Crippen LogP contribution < -0.4 is 10.6 Å². The highest BCUT2D eigenvalue weighted by atomic mass is 16.2. The van der Waals surface area contributed by atoms with Crippen LogP contribution in [-0.2, 0) is 11.2 Å². The first-order chi connectivity index (χ1) is 9.74. The van der Waals surface area contributed by atoms with Gasteiger partial charge in [0, 0.05) is 0 Å². The van der Waals surface area contributed by atoms with Crippen molar-refractivity contribution < 1.29 is 4.79 Å². The Kier molecular flexibility index (Phi) is 3.42. The SMILES string of the molecule is Cc1cccc2c1NC(CCc1ccccc1)C(=O)N2. The summed E-state index contributed by atoms with van der Waals surface area (Å²) in [6.07, 6.45) is 1.69. The van der Waals surface area contributed by atoms with Gasteiger partial charge in [-0.05, 0) is 37.0 Å². The minimum Gasteiger partial charge on any atom is -0.372 e. The van der Waals surface area contributed by atoms with E-state index in [0.29, 0.717) is 0 Å². The molecule has 3 heteroatoms. The number of fused-ring (bicyclic) bond motifs is 1. The molecule has 0 radical (unpaired) electrons. The van der Waals surface area contributed by atoms with Crippen molar-refractivity contribution in [2.45, 2.75) is 25.8 Å². The number of hydrogen-bond acceptors (Lipinski definition) is 2. The fourth-order valence-electron chi connectivity index (χ4n) is 2.58. The molecule has 0 aliphatic carbocycles. The van der Waals surface area contributed by atoms with Crippen LogP contribution in [0.2, 0.25) is 0 Å². The van der Waals surface area contributed by atoms with E-state index >= 15 is 0 Å². The molecule has 1 aliphatic heterocycles. The molecule has 1 heterocycles. The highest BCUT2D eigenvalue weighted by Crippen LogP contribution is 2.30. The lowest BCUT2D eigenvalue weighted by Crippen LogP contribution is -2.39. The molecule has 0 saturated heterocycles. The topological polar surface area (TPSA) is 41.1 Å². The third-order valence-electron chi connectivity index (χ3n) is 3.73. The van der Waals surface area contributed by atoms with Gasteiger partial charge in [-0.3, -0.25) is 4.79 Å². The first-order valence-corrected chi connectivity index (χ1v) is 6.95. The van der Waals surface area contributed by atoms with Crippen molar-refractivity contribution in [3.8, 4) is 0 Å². The number of aryl methyl sites for hydroxylation is 2. The molecule has 0 bridgehead atoms. The smallest absolute Gasteiger partial charge is 0.246 e. The second kappa shape index (κ2) is 5.37. The standard InChI is InChI=1S/C17H18N2O/c1-12-6-5-9-14-16(12)18-15(17(20)19-14)11-10-13-7-3-2-4-8-13/h2-9,15,18H,10-11H2,1H3,(H,19,20). The Labute approximate surface area is 119 Å². The summed E-state index contributed by atoms with van der Waals surface area (Å²) in [5, 5.41) is 6.36. The average Bonchev–Trinajstić information content (AvgIpc) is 2.47. The number of carbonyl (C=O) groups is 1. The van der Waals surface area contributed by atoms with Crippen molar-refractivity contribution in [3.05, 3.63) is 59.7 Å². The highest BCUT2D eigenvalue weighted by molar-refractivity contribution is 6.03. The van der Waals surface area contributed by atoms with E-state index in [2.05, 4.69) is 35.8 Å². The van der Waals surface area contributed by atoms with E-state index in [4.69, 9.17) is 0 Å². The Morgan fingerprint density at radius 1 is 1.05 bits per heavy atom. The monoisotopic (exact) mass is 266 g/mol. The zero-order chi connectivity index (χ0) is 13.9. The predicted octanol–water partition coefficient (Wildman–Crippen LogP) is 3.36. The van der Waals surface area contributed by atoms with Crippen LogP contribution in [-0.4, -0.2) is 11.9 Å². The number of para-hydroxylation sites is 1. The summed E-state index contributed by atoms with van der Waals surface area (Å²) in [6.45, 7) is 2.05. The van der Waals surface area contributed by atoms with Crippen LogP contribution in [0.1, 0.15) is 17.5 Å². The molecule has 20 heavy (non-hydrogen) atoms. The molecule has 1 unspecified atom stereocenters. The maximum atomic E-state index is 12.1. The lowest BCUT2D eigenvalue weighted by Gasteiger charge is -2.28. The first kappa shape index (κ1) is 12.7.